The minimum absolute atomic E-state index is 0.558. The smallest absolute Gasteiger partial charge is 0.0956 e. The van der Waals surface area contributed by atoms with Crippen LogP contribution in [0.5, 0.6) is 0 Å². The average Bonchev–Trinajstić information content (AvgIpc) is 3.13. The summed E-state index contributed by atoms with van der Waals surface area (Å²) in [6.45, 7) is 3.88. The van der Waals surface area contributed by atoms with Gasteiger partial charge in [0.2, 0.25) is 0 Å². The van der Waals surface area contributed by atoms with E-state index < -0.39 is 0 Å². The normalized spacial score (nSPS) is 15.1. The third-order valence-corrected chi connectivity index (χ3v) is 5.14. The number of hydrogen-bond acceptors (Lipinski definition) is 3. The molecular formula is C23H26N2O2. The monoisotopic (exact) mass is 362 g/mol. The van der Waals surface area contributed by atoms with Crippen LogP contribution in [0.25, 0.3) is 11.3 Å². The van der Waals surface area contributed by atoms with Crippen LogP contribution < -0.4 is 0 Å². The molecule has 27 heavy (non-hydrogen) atoms. The van der Waals surface area contributed by atoms with E-state index in [0.717, 1.165) is 49.6 Å². The van der Waals surface area contributed by atoms with Crippen LogP contribution in [0.3, 0.4) is 0 Å². The summed E-state index contributed by atoms with van der Waals surface area (Å²) >= 11 is 0. The number of ether oxygens (including phenoxy) is 2. The van der Waals surface area contributed by atoms with Gasteiger partial charge >= 0.3 is 0 Å². The summed E-state index contributed by atoms with van der Waals surface area (Å²) in [7, 11) is 0. The van der Waals surface area contributed by atoms with E-state index in [1.165, 1.54) is 5.56 Å². The first-order valence-corrected chi connectivity index (χ1v) is 9.69. The van der Waals surface area contributed by atoms with Crippen molar-refractivity contribution in [3.05, 3.63) is 78.2 Å². The van der Waals surface area contributed by atoms with Crippen molar-refractivity contribution in [2.24, 2.45) is 5.92 Å². The summed E-state index contributed by atoms with van der Waals surface area (Å²) in [4.78, 5) is 4.73. The minimum atomic E-state index is 0.558. The standard InChI is InChI=1S/C23H26N2O2/c1-3-7-20(8-4-1)16-27-17-22-23(21-9-5-2-6-10-21)24-18-25(22)15-19-11-13-26-14-12-19/h1-10,18-19H,11-17H2. The second kappa shape index (κ2) is 8.98. The molecule has 4 heteroatoms. The summed E-state index contributed by atoms with van der Waals surface area (Å²) in [6.07, 6.45) is 4.20. The molecular weight excluding hydrogens is 336 g/mol. The first kappa shape index (κ1) is 18.0. The van der Waals surface area contributed by atoms with Crippen molar-refractivity contribution < 1.29 is 9.47 Å². The summed E-state index contributed by atoms with van der Waals surface area (Å²) in [5, 5.41) is 0. The van der Waals surface area contributed by atoms with E-state index in [1.54, 1.807) is 0 Å². The lowest BCUT2D eigenvalue weighted by molar-refractivity contribution is 0.0594. The van der Waals surface area contributed by atoms with E-state index in [9.17, 15) is 0 Å². The SMILES string of the molecule is c1ccc(COCc2c(-c3ccccc3)ncn2CC2CCOCC2)cc1. The van der Waals surface area contributed by atoms with E-state index in [2.05, 4.69) is 41.0 Å². The first-order chi connectivity index (χ1) is 13.4. The van der Waals surface area contributed by atoms with Crippen molar-refractivity contribution >= 4 is 0 Å². The number of benzene rings is 2. The number of hydrogen-bond donors (Lipinski definition) is 0. The first-order valence-electron chi connectivity index (χ1n) is 9.69. The topological polar surface area (TPSA) is 36.3 Å². The fourth-order valence-electron chi connectivity index (χ4n) is 3.60. The predicted octanol–water partition coefficient (Wildman–Crippen LogP) is 4.69. The molecule has 1 aliphatic rings. The van der Waals surface area contributed by atoms with E-state index in [4.69, 9.17) is 14.5 Å². The summed E-state index contributed by atoms with van der Waals surface area (Å²) in [5.41, 5.74) is 4.51. The summed E-state index contributed by atoms with van der Waals surface area (Å²) in [5.74, 6) is 0.643. The van der Waals surface area contributed by atoms with Crippen molar-refractivity contribution in [1.29, 1.82) is 0 Å². The maximum absolute atomic E-state index is 6.07. The van der Waals surface area contributed by atoms with Gasteiger partial charge in [0, 0.05) is 25.3 Å². The van der Waals surface area contributed by atoms with Crippen LogP contribution in [0, 0.1) is 5.92 Å². The molecule has 0 N–H and O–H groups in total. The van der Waals surface area contributed by atoms with Gasteiger partial charge in [-0.05, 0) is 24.3 Å². The van der Waals surface area contributed by atoms with Gasteiger partial charge in [-0.3, -0.25) is 0 Å². The third kappa shape index (κ3) is 4.65. The third-order valence-electron chi connectivity index (χ3n) is 5.14. The van der Waals surface area contributed by atoms with Crippen molar-refractivity contribution in [3.63, 3.8) is 0 Å². The maximum Gasteiger partial charge on any atom is 0.0956 e. The molecule has 0 amide bonds. The molecule has 1 fully saturated rings. The van der Waals surface area contributed by atoms with Gasteiger partial charge in [-0.2, -0.15) is 0 Å². The van der Waals surface area contributed by atoms with Gasteiger partial charge in [0.15, 0.2) is 0 Å². The number of rotatable bonds is 7. The van der Waals surface area contributed by atoms with Crippen molar-refractivity contribution in [1.82, 2.24) is 9.55 Å². The Morgan fingerprint density at radius 3 is 2.37 bits per heavy atom. The lowest BCUT2D eigenvalue weighted by atomic mass is 10.0. The van der Waals surface area contributed by atoms with Gasteiger partial charge in [-0.1, -0.05) is 60.7 Å². The molecule has 0 atom stereocenters. The molecule has 2 heterocycles. The van der Waals surface area contributed by atoms with E-state index in [1.807, 2.05) is 30.6 Å². The summed E-state index contributed by atoms with van der Waals surface area (Å²) < 4.78 is 13.9. The molecule has 2 aromatic carbocycles. The molecule has 1 aromatic heterocycles. The Bertz CT molecular complexity index is 824. The van der Waals surface area contributed by atoms with Gasteiger partial charge in [0.1, 0.15) is 0 Å². The largest absolute Gasteiger partial charge is 0.381 e. The molecule has 3 aromatic rings. The van der Waals surface area contributed by atoms with E-state index in [-0.39, 0.29) is 0 Å². The lowest BCUT2D eigenvalue weighted by Gasteiger charge is -2.23. The van der Waals surface area contributed by atoms with Crippen LogP contribution in [-0.4, -0.2) is 22.8 Å². The number of nitrogens with zero attached hydrogens (tertiary/aromatic N) is 2. The zero-order valence-corrected chi connectivity index (χ0v) is 15.6. The molecule has 0 unspecified atom stereocenters. The minimum Gasteiger partial charge on any atom is -0.381 e. The van der Waals surface area contributed by atoms with Crippen LogP contribution in [-0.2, 0) is 29.2 Å². The van der Waals surface area contributed by atoms with Crippen molar-refractivity contribution in [2.45, 2.75) is 32.6 Å². The van der Waals surface area contributed by atoms with E-state index >= 15 is 0 Å². The highest BCUT2D eigenvalue weighted by atomic mass is 16.5. The predicted molar refractivity (Wildman–Crippen MR) is 106 cm³/mol. The van der Waals surface area contributed by atoms with Crippen LogP contribution in [0.4, 0.5) is 0 Å². The zero-order chi connectivity index (χ0) is 18.3. The molecule has 140 valence electrons. The average molecular weight is 362 g/mol. The fraction of sp³-hybridized carbons (Fsp3) is 0.348. The lowest BCUT2D eigenvalue weighted by Crippen LogP contribution is -2.21. The van der Waals surface area contributed by atoms with Crippen molar-refractivity contribution in [2.75, 3.05) is 13.2 Å². The quantitative estimate of drug-likeness (QED) is 0.611. The molecule has 1 saturated heterocycles. The summed E-state index contributed by atoms with van der Waals surface area (Å²) in [6, 6.07) is 20.7. The second-order valence-corrected chi connectivity index (χ2v) is 7.09. The zero-order valence-electron chi connectivity index (χ0n) is 15.6. The van der Waals surface area contributed by atoms with Gasteiger partial charge in [0.05, 0.1) is 30.9 Å². The molecule has 0 aliphatic carbocycles. The maximum atomic E-state index is 6.07. The molecule has 0 bridgehead atoms. The second-order valence-electron chi connectivity index (χ2n) is 7.09. The Labute approximate surface area is 160 Å². The molecule has 0 saturated carbocycles. The highest BCUT2D eigenvalue weighted by Gasteiger charge is 2.19. The Kier molecular flexibility index (Phi) is 5.97. The molecule has 1 aliphatic heterocycles. The van der Waals surface area contributed by atoms with Crippen molar-refractivity contribution in [3.8, 4) is 11.3 Å². The molecule has 4 rings (SSSR count). The van der Waals surface area contributed by atoms with Crippen LogP contribution in [0.2, 0.25) is 0 Å². The Hall–Kier alpha value is -2.43. The Morgan fingerprint density at radius 2 is 1.63 bits per heavy atom. The van der Waals surface area contributed by atoms with Gasteiger partial charge in [0.25, 0.3) is 0 Å². The van der Waals surface area contributed by atoms with E-state index in [0.29, 0.717) is 19.1 Å². The Balaban J connectivity index is 1.52. The van der Waals surface area contributed by atoms with Crippen LogP contribution in [0.1, 0.15) is 24.1 Å². The number of aromatic nitrogens is 2. The molecule has 0 spiro atoms. The van der Waals surface area contributed by atoms with Crippen LogP contribution in [0.15, 0.2) is 67.0 Å². The van der Waals surface area contributed by atoms with Gasteiger partial charge < -0.3 is 14.0 Å². The number of imidazole rings is 1. The highest BCUT2D eigenvalue weighted by Crippen LogP contribution is 2.25. The fourth-order valence-corrected chi connectivity index (χ4v) is 3.60. The van der Waals surface area contributed by atoms with Gasteiger partial charge in [-0.15, -0.1) is 0 Å². The van der Waals surface area contributed by atoms with Gasteiger partial charge in [-0.25, -0.2) is 4.98 Å². The highest BCUT2D eigenvalue weighted by molar-refractivity contribution is 5.61. The molecule has 0 radical (unpaired) electrons. The molecule has 4 nitrogen and oxygen atoms in total. The Morgan fingerprint density at radius 1 is 0.926 bits per heavy atom. The van der Waals surface area contributed by atoms with Crippen LogP contribution >= 0.6 is 0 Å².